The molecule has 0 bridgehead atoms. The van der Waals surface area contributed by atoms with Crippen LogP contribution in [0.5, 0.6) is 0 Å². The number of carbonyl (C=O) groups is 1. The molecule has 186 valence electrons. The van der Waals surface area contributed by atoms with Crippen LogP contribution in [0.1, 0.15) is 55.9 Å². The van der Waals surface area contributed by atoms with Crippen molar-refractivity contribution in [3.05, 3.63) is 137 Å². The van der Waals surface area contributed by atoms with Crippen LogP contribution in [0.15, 0.2) is 114 Å². The minimum Gasteiger partial charge on any atom is -0.298 e. The van der Waals surface area contributed by atoms with Gasteiger partial charge in [-0.15, -0.1) is 0 Å². The summed E-state index contributed by atoms with van der Waals surface area (Å²) >= 11 is 0. The monoisotopic (exact) mass is 481 g/mol. The molecule has 3 heteroatoms. The molecule has 36 heavy (non-hydrogen) atoms. The topological polar surface area (TPSA) is 29.4 Å². The number of halogens is 1. The number of aryl methyl sites for hydroxylation is 2. The van der Waals surface area contributed by atoms with Gasteiger partial charge in [0.2, 0.25) is 0 Å². The molecule has 0 amide bonds. The summed E-state index contributed by atoms with van der Waals surface area (Å²) in [5.41, 5.74) is 8.40. The molecule has 0 spiro atoms. The smallest absolute Gasteiger partial charge is 0.145 e. The van der Waals surface area contributed by atoms with Crippen molar-refractivity contribution in [1.82, 2.24) is 0 Å². The van der Waals surface area contributed by atoms with Gasteiger partial charge < -0.3 is 0 Å². The van der Waals surface area contributed by atoms with Gasteiger partial charge in [-0.25, -0.2) is 4.39 Å². The van der Waals surface area contributed by atoms with Gasteiger partial charge in [0.1, 0.15) is 12.1 Å². The van der Waals surface area contributed by atoms with E-state index in [9.17, 15) is 9.18 Å². The summed E-state index contributed by atoms with van der Waals surface area (Å²) in [6, 6.07) is 25.3. The fourth-order valence-corrected chi connectivity index (χ4v) is 3.48. The van der Waals surface area contributed by atoms with Crippen LogP contribution in [0.4, 0.5) is 4.39 Å². The van der Waals surface area contributed by atoms with Crippen molar-refractivity contribution < 1.29 is 9.18 Å². The van der Waals surface area contributed by atoms with Gasteiger partial charge >= 0.3 is 0 Å². The SMILES string of the molecule is C=C1CC(c2ccc(C)cc2)=CC(c2ccc(F)cc2)=N1.CC/C=C(\C)C=O.CCc1ccccc1. The van der Waals surface area contributed by atoms with Crippen molar-refractivity contribution in [3.8, 4) is 0 Å². The molecule has 0 radical (unpaired) electrons. The second-order valence-electron chi connectivity index (χ2n) is 8.60. The van der Waals surface area contributed by atoms with E-state index >= 15 is 0 Å². The maximum atomic E-state index is 13.0. The number of hydrogen-bond acceptors (Lipinski definition) is 2. The molecule has 0 N–H and O–H groups in total. The molecular weight excluding hydrogens is 445 g/mol. The first kappa shape index (κ1) is 28.4. The Bertz CT molecular complexity index is 1200. The first-order valence-corrected chi connectivity index (χ1v) is 12.3. The number of benzene rings is 3. The van der Waals surface area contributed by atoms with Gasteiger partial charge in [0.15, 0.2) is 0 Å². The van der Waals surface area contributed by atoms with E-state index in [4.69, 9.17) is 0 Å². The summed E-state index contributed by atoms with van der Waals surface area (Å²) in [5.74, 6) is -0.239. The van der Waals surface area contributed by atoms with Crippen molar-refractivity contribution in [1.29, 1.82) is 0 Å². The Balaban J connectivity index is 0.000000250. The van der Waals surface area contributed by atoms with Gasteiger partial charge in [0, 0.05) is 17.7 Å². The van der Waals surface area contributed by atoms with Crippen molar-refractivity contribution in [2.45, 2.75) is 47.0 Å². The van der Waals surface area contributed by atoms with Crippen molar-refractivity contribution >= 4 is 17.6 Å². The van der Waals surface area contributed by atoms with Crippen LogP contribution >= 0.6 is 0 Å². The summed E-state index contributed by atoms with van der Waals surface area (Å²) in [7, 11) is 0. The quantitative estimate of drug-likeness (QED) is 0.265. The minimum absolute atomic E-state index is 0.239. The highest BCUT2D eigenvalue weighted by Gasteiger charge is 2.13. The molecule has 0 atom stereocenters. The highest BCUT2D eigenvalue weighted by atomic mass is 19.1. The van der Waals surface area contributed by atoms with Gasteiger partial charge in [0.05, 0.1) is 5.71 Å². The van der Waals surface area contributed by atoms with E-state index in [0.717, 1.165) is 48.1 Å². The molecule has 0 aromatic heterocycles. The number of dihydropyridines is 1. The summed E-state index contributed by atoms with van der Waals surface area (Å²) in [6.45, 7) is 12.0. The maximum absolute atomic E-state index is 13.0. The van der Waals surface area contributed by atoms with E-state index in [1.807, 2.05) is 19.1 Å². The maximum Gasteiger partial charge on any atom is 0.145 e. The lowest BCUT2D eigenvalue weighted by atomic mass is 9.95. The van der Waals surface area contributed by atoms with E-state index < -0.39 is 0 Å². The predicted molar refractivity (Wildman–Crippen MR) is 152 cm³/mol. The molecule has 3 aromatic rings. The number of carbonyl (C=O) groups excluding carboxylic acids is 1. The lowest BCUT2D eigenvalue weighted by Gasteiger charge is -2.15. The first-order chi connectivity index (χ1) is 17.4. The molecule has 0 saturated heterocycles. The van der Waals surface area contributed by atoms with Crippen LogP contribution in [0.25, 0.3) is 5.57 Å². The van der Waals surface area contributed by atoms with Gasteiger partial charge in [-0.05, 0) is 79.3 Å². The van der Waals surface area contributed by atoms with Crippen LogP contribution < -0.4 is 0 Å². The van der Waals surface area contributed by atoms with Crippen molar-refractivity contribution in [2.24, 2.45) is 4.99 Å². The standard InChI is InChI=1S/C19H16FN.C8H10.C6H10O/c1-13-3-5-15(6-4-13)17-11-14(2)21-19(12-17)16-7-9-18(20)10-8-16;1-2-8-6-4-3-5-7-8;1-3-4-6(2)5-7/h3-10,12H,2,11H2,1H3;3-7H,2H2,1H3;4-5H,3H2,1-2H3/b;;6-4+. The highest BCUT2D eigenvalue weighted by molar-refractivity contribution is 6.13. The third kappa shape index (κ3) is 9.79. The van der Waals surface area contributed by atoms with E-state index in [0.29, 0.717) is 0 Å². The molecule has 3 aromatic carbocycles. The van der Waals surface area contributed by atoms with Crippen LogP contribution in [0.3, 0.4) is 0 Å². The van der Waals surface area contributed by atoms with Crippen LogP contribution in [-0.2, 0) is 11.2 Å². The third-order valence-corrected chi connectivity index (χ3v) is 5.51. The molecule has 1 aliphatic heterocycles. The second-order valence-corrected chi connectivity index (χ2v) is 8.60. The molecule has 1 aliphatic rings. The van der Waals surface area contributed by atoms with Crippen LogP contribution in [0, 0.1) is 12.7 Å². The molecule has 2 nitrogen and oxygen atoms in total. The highest BCUT2D eigenvalue weighted by Crippen LogP contribution is 2.28. The molecule has 0 fully saturated rings. The Morgan fingerprint density at radius 2 is 1.56 bits per heavy atom. The number of rotatable bonds is 5. The fourth-order valence-electron chi connectivity index (χ4n) is 3.48. The molecule has 4 rings (SSSR count). The Morgan fingerprint density at radius 3 is 2.06 bits per heavy atom. The van der Waals surface area contributed by atoms with Crippen LogP contribution in [0.2, 0.25) is 0 Å². The molecule has 0 unspecified atom stereocenters. The average Bonchev–Trinajstić information content (AvgIpc) is 2.90. The lowest BCUT2D eigenvalue weighted by molar-refractivity contribution is -0.104. The third-order valence-electron chi connectivity index (χ3n) is 5.51. The Labute approximate surface area is 215 Å². The van der Waals surface area contributed by atoms with E-state index in [2.05, 4.69) is 80.0 Å². The number of allylic oxidation sites excluding steroid dienone is 4. The lowest BCUT2D eigenvalue weighted by Crippen LogP contribution is -2.05. The molecule has 1 heterocycles. The summed E-state index contributed by atoms with van der Waals surface area (Å²) in [4.78, 5) is 14.3. The Morgan fingerprint density at radius 1 is 0.944 bits per heavy atom. The van der Waals surface area contributed by atoms with Gasteiger partial charge in [0.25, 0.3) is 0 Å². The van der Waals surface area contributed by atoms with Gasteiger partial charge in [-0.1, -0.05) is 86.7 Å². The Hall–Kier alpha value is -3.85. The molecule has 0 saturated carbocycles. The average molecular weight is 482 g/mol. The van der Waals surface area contributed by atoms with Crippen molar-refractivity contribution in [2.75, 3.05) is 0 Å². The summed E-state index contributed by atoms with van der Waals surface area (Å²) in [6.07, 6.45) is 7.66. The number of aliphatic imine (C=N–C) groups is 1. The normalized spacial score (nSPS) is 12.8. The van der Waals surface area contributed by atoms with Crippen molar-refractivity contribution in [3.63, 3.8) is 0 Å². The summed E-state index contributed by atoms with van der Waals surface area (Å²) < 4.78 is 13.0. The van der Waals surface area contributed by atoms with Gasteiger partial charge in [-0.2, -0.15) is 0 Å². The van der Waals surface area contributed by atoms with Crippen LogP contribution in [-0.4, -0.2) is 12.0 Å². The number of nitrogens with zero attached hydrogens (tertiary/aromatic N) is 1. The van der Waals surface area contributed by atoms with E-state index in [1.54, 1.807) is 19.1 Å². The number of hydrogen-bond donors (Lipinski definition) is 0. The fraction of sp³-hybridized carbons (Fsp3) is 0.212. The van der Waals surface area contributed by atoms with E-state index in [-0.39, 0.29) is 5.82 Å². The van der Waals surface area contributed by atoms with Gasteiger partial charge in [-0.3, -0.25) is 9.79 Å². The van der Waals surface area contributed by atoms with E-state index in [1.165, 1.54) is 34.4 Å². The zero-order valence-corrected chi connectivity index (χ0v) is 21.8. The Kier molecular flexibility index (Phi) is 12.0. The first-order valence-electron chi connectivity index (χ1n) is 12.3. The second kappa shape index (κ2) is 15.2. The minimum atomic E-state index is -0.239. The zero-order valence-electron chi connectivity index (χ0n) is 21.8. The predicted octanol–water partition coefficient (Wildman–Crippen LogP) is 8.71. The molecular formula is C33H36FNO. The zero-order chi connectivity index (χ0) is 26.3. The molecule has 0 aliphatic carbocycles. The largest absolute Gasteiger partial charge is 0.298 e. The summed E-state index contributed by atoms with van der Waals surface area (Å²) in [5, 5.41) is 0. The number of aldehydes is 1.